The molecule has 0 aliphatic carbocycles. The summed E-state index contributed by atoms with van der Waals surface area (Å²) in [4.78, 5) is 23.1. The third-order valence-corrected chi connectivity index (χ3v) is 4.53. The van der Waals surface area contributed by atoms with Crippen LogP contribution in [0.3, 0.4) is 0 Å². The van der Waals surface area contributed by atoms with Crippen molar-refractivity contribution in [1.82, 2.24) is 5.32 Å². The number of rotatable bonds is 4. The standard InChI is InChI=1S/C15H14BrN3O4S/c1-8-4-5-10(16)13(23-3)9(8)7-17-19-15-18-14(21)11(24-15)6-12(20)22-2/h4-7H,1-3H3,(H,18,19,21)/b11-6+,17-7?. The van der Waals surface area contributed by atoms with Gasteiger partial charge in [0.25, 0.3) is 5.91 Å². The Morgan fingerprint density at radius 2 is 2.12 bits per heavy atom. The molecule has 1 fully saturated rings. The maximum Gasteiger partial charge on any atom is 0.331 e. The average molecular weight is 412 g/mol. The molecule has 7 nitrogen and oxygen atoms in total. The summed E-state index contributed by atoms with van der Waals surface area (Å²) in [7, 11) is 2.81. The molecule has 0 atom stereocenters. The maximum atomic E-state index is 11.7. The predicted octanol–water partition coefficient (Wildman–Crippen LogP) is 2.38. The number of esters is 1. The lowest BCUT2D eigenvalue weighted by Crippen LogP contribution is -2.19. The molecule has 24 heavy (non-hydrogen) atoms. The molecule has 1 aromatic rings. The number of nitrogens with zero attached hydrogens (tertiary/aromatic N) is 2. The number of amides is 1. The lowest BCUT2D eigenvalue weighted by molar-refractivity contribution is -0.135. The molecule has 0 saturated carbocycles. The van der Waals surface area contributed by atoms with Gasteiger partial charge in [0.15, 0.2) is 5.17 Å². The number of carbonyl (C=O) groups is 2. The van der Waals surface area contributed by atoms with Crippen LogP contribution in [0.25, 0.3) is 0 Å². The van der Waals surface area contributed by atoms with Crippen molar-refractivity contribution >= 4 is 51.0 Å². The molecule has 0 spiro atoms. The van der Waals surface area contributed by atoms with Gasteiger partial charge >= 0.3 is 5.97 Å². The molecular formula is C15H14BrN3O4S. The average Bonchev–Trinajstić information content (AvgIpc) is 2.90. The molecule has 1 N–H and O–H groups in total. The number of halogens is 1. The second kappa shape index (κ2) is 8.11. The summed E-state index contributed by atoms with van der Waals surface area (Å²) in [5.74, 6) is -0.379. The SMILES string of the molecule is COC(=O)/C=C1/S/C(=N\N=Cc2c(C)ccc(Br)c2OC)NC1=O. The van der Waals surface area contributed by atoms with Crippen LogP contribution in [0.4, 0.5) is 0 Å². The number of hydrogen-bond donors (Lipinski definition) is 1. The van der Waals surface area contributed by atoms with E-state index < -0.39 is 11.9 Å². The lowest BCUT2D eigenvalue weighted by Gasteiger charge is -2.09. The number of benzene rings is 1. The first kappa shape index (κ1) is 18.2. The van der Waals surface area contributed by atoms with E-state index in [0.717, 1.165) is 33.4 Å². The van der Waals surface area contributed by atoms with Crippen molar-refractivity contribution in [2.45, 2.75) is 6.92 Å². The first-order chi connectivity index (χ1) is 11.5. The third kappa shape index (κ3) is 4.24. The van der Waals surface area contributed by atoms with Gasteiger partial charge in [0.1, 0.15) is 5.75 Å². The summed E-state index contributed by atoms with van der Waals surface area (Å²) in [5, 5.41) is 10.7. The van der Waals surface area contributed by atoms with Crippen LogP contribution < -0.4 is 10.1 Å². The minimum Gasteiger partial charge on any atom is -0.495 e. The van der Waals surface area contributed by atoms with Crippen molar-refractivity contribution in [1.29, 1.82) is 0 Å². The summed E-state index contributed by atoms with van der Waals surface area (Å²) in [6, 6.07) is 3.80. The Morgan fingerprint density at radius 1 is 1.38 bits per heavy atom. The molecule has 1 aliphatic heterocycles. The molecule has 0 radical (unpaired) electrons. The quantitative estimate of drug-likeness (QED) is 0.355. The highest BCUT2D eigenvalue weighted by Crippen LogP contribution is 2.30. The highest BCUT2D eigenvalue weighted by molar-refractivity contribution is 9.10. The molecule has 9 heteroatoms. The fourth-order valence-corrected chi connectivity index (χ4v) is 3.07. The molecule has 126 valence electrons. The molecule has 1 amide bonds. The maximum absolute atomic E-state index is 11.7. The molecule has 1 heterocycles. The minimum atomic E-state index is -0.605. The number of methoxy groups -OCH3 is 2. The molecular weight excluding hydrogens is 398 g/mol. The minimum absolute atomic E-state index is 0.201. The molecule has 1 aliphatic rings. The zero-order valence-electron chi connectivity index (χ0n) is 13.1. The van der Waals surface area contributed by atoms with Crippen LogP contribution in [-0.4, -0.2) is 37.5 Å². The van der Waals surface area contributed by atoms with E-state index in [0.29, 0.717) is 5.75 Å². The molecule has 1 saturated heterocycles. The van der Waals surface area contributed by atoms with E-state index in [1.165, 1.54) is 7.11 Å². The van der Waals surface area contributed by atoms with E-state index in [9.17, 15) is 9.59 Å². The summed E-state index contributed by atoms with van der Waals surface area (Å²) >= 11 is 4.42. The topological polar surface area (TPSA) is 89.3 Å². The number of carbonyl (C=O) groups excluding carboxylic acids is 2. The zero-order valence-corrected chi connectivity index (χ0v) is 15.5. The van der Waals surface area contributed by atoms with Crippen LogP contribution in [0.5, 0.6) is 5.75 Å². The Balaban J connectivity index is 2.19. The predicted molar refractivity (Wildman–Crippen MR) is 96.3 cm³/mol. The number of aryl methyl sites for hydroxylation is 1. The van der Waals surface area contributed by atoms with Gasteiger partial charge in [-0.3, -0.25) is 10.1 Å². The van der Waals surface area contributed by atoms with Gasteiger partial charge in [-0.15, -0.1) is 5.10 Å². The zero-order chi connectivity index (χ0) is 17.7. The summed E-state index contributed by atoms with van der Waals surface area (Å²) in [6.45, 7) is 1.92. The summed E-state index contributed by atoms with van der Waals surface area (Å²) in [6.07, 6.45) is 2.65. The van der Waals surface area contributed by atoms with Gasteiger partial charge in [-0.1, -0.05) is 6.07 Å². The van der Waals surface area contributed by atoms with Crippen LogP contribution in [-0.2, 0) is 14.3 Å². The molecule has 0 aromatic heterocycles. The van der Waals surface area contributed by atoms with E-state index in [-0.39, 0.29) is 10.1 Å². The monoisotopic (exact) mass is 411 g/mol. The highest BCUT2D eigenvalue weighted by atomic mass is 79.9. The molecule has 1 aromatic carbocycles. The molecule has 0 bridgehead atoms. The van der Waals surface area contributed by atoms with Gasteiger partial charge in [0.2, 0.25) is 0 Å². The number of hydrogen-bond acceptors (Lipinski definition) is 7. The lowest BCUT2D eigenvalue weighted by atomic mass is 10.1. The first-order valence-electron chi connectivity index (χ1n) is 6.69. The van der Waals surface area contributed by atoms with Crippen LogP contribution in [0.15, 0.2) is 37.8 Å². The van der Waals surface area contributed by atoms with Gasteiger partial charge in [-0.25, -0.2) is 4.79 Å². The van der Waals surface area contributed by atoms with E-state index in [4.69, 9.17) is 4.74 Å². The highest BCUT2D eigenvalue weighted by Gasteiger charge is 2.25. The van der Waals surface area contributed by atoms with Crippen molar-refractivity contribution in [3.8, 4) is 5.75 Å². The summed E-state index contributed by atoms with van der Waals surface area (Å²) < 4.78 is 10.6. The van der Waals surface area contributed by atoms with Gasteiger partial charge in [-0.2, -0.15) is 5.10 Å². The van der Waals surface area contributed by atoms with Gasteiger partial charge in [-0.05, 0) is 46.2 Å². The number of nitrogens with one attached hydrogen (secondary N) is 1. The van der Waals surface area contributed by atoms with E-state index in [2.05, 4.69) is 36.2 Å². The van der Waals surface area contributed by atoms with E-state index >= 15 is 0 Å². The van der Waals surface area contributed by atoms with Crippen molar-refractivity contribution in [2.75, 3.05) is 14.2 Å². The molecule has 0 unspecified atom stereocenters. The van der Waals surface area contributed by atoms with Crippen molar-refractivity contribution in [3.63, 3.8) is 0 Å². The number of thioether (sulfide) groups is 1. The first-order valence-corrected chi connectivity index (χ1v) is 8.30. The van der Waals surface area contributed by atoms with Gasteiger partial charge in [0.05, 0.1) is 29.8 Å². The Bertz CT molecular complexity index is 774. The van der Waals surface area contributed by atoms with E-state index in [1.807, 2.05) is 19.1 Å². The second-order valence-corrected chi connectivity index (χ2v) is 6.43. The smallest absolute Gasteiger partial charge is 0.331 e. The molecule has 2 rings (SSSR count). The van der Waals surface area contributed by atoms with Crippen molar-refractivity contribution in [2.24, 2.45) is 10.2 Å². The number of amidine groups is 1. The normalized spacial score (nSPS) is 17.6. The van der Waals surface area contributed by atoms with E-state index in [1.54, 1.807) is 13.3 Å². The Labute approximate surface area is 151 Å². The third-order valence-electron chi connectivity index (χ3n) is 3.01. The van der Waals surface area contributed by atoms with Crippen molar-refractivity contribution < 1.29 is 19.1 Å². The van der Waals surface area contributed by atoms with Crippen LogP contribution in [0.1, 0.15) is 11.1 Å². The fraction of sp³-hybridized carbons (Fsp3) is 0.200. The van der Waals surface area contributed by atoms with Gasteiger partial charge in [0, 0.05) is 11.6 Å². The Kier molecular flexibility index (Phi) is 6.16. The second-order valence-electron chi connectivity index (χ2n) is 4.55. The Hall–Kier alpha value is -2.13. The summed E-state index contributed by atoms with van der Waals surface area (Å²) in [5.41, 5.74) is 1.74. The van der Waals surface area contributed by atoms with Crippen LogP contribution in [0.2, 0.25) is 0 Å². The van der Waals surface area contributed by atoms with Gasteiger partial charge < -0.3 is 9.47 Å². The Morgan fingerprint density at radius 3 is 2.79 bits per heavy atom. The van der Waals surface area contributed by atoms with Crippen LogP contribution in [0, 0.1) is 6.92 Å². The van der Waals surface area contributed by atoms with Crippen LogP contribution >= 0.6 is 27.7 Å². The fourth-order valence-electron chi connectivity index (χ4n) is 1.82. The largest absolute Gasteiger partial charge is 0.495 e. The number of ether oxygens (including phenoxy) is 2. The van der Waals surface area contributed by atoms with Crippen molar-refractivity contribution in [3.05, 3.63) is 38.7 Å².